The second-order valence-corrected chi connectivity index (χ2v) is 12.1. The molecule has 35 heavy (non-hydrogen) atoms. The number of fused-ring (bicyclic) bond motifs is 1. The highest BCUT2D eigenvalue weighted by molar-refractivity contribution is 7.89. The Morgan fingerprint density at radius 1 is 0.914 bits per heavy atom. The van der Waals surface area contributed by atoms with Crippen molar-refractivity contribution in [3.8, 4) is 11.5 Å². The quantitative estimate of drug-likeness (QED) is 0.617. The number of carbonyl (C=O) groups is 1. The molecule has 1 unspecified atom stereocenters. The van der Waals surface area contributed by atoms with E-state index in [-0.39, 0.29) is 17.9 Å². The first-order valence-electron chi connectivity index (χ1n) is 12.6. The monoisotopic (exact) mass is 498 g/mol. The lowest BCUT2D eigenvalue weighted by Crippen LogP contribution is -2.44. The number of benzene rings is 2. The Morgan fingerprint density at radius 2 is 1.54 bits per heavy atom. The van der Waals surface area contributed by atoms with Crippen molar-refractivity contribution in [2.45, 2.75) is 56.4 Å². The highest BCUT2D eigenvalue weighted by atomic mass is 32.2. The Bertz CT molecular complexity index is 1170. The molecule has 2 aromatic carbocycles. The maximum Gasteiger partial charge on any atom is 0.243 e. The van der Waals surface area contributed by atoms with E-state index in [1.54, 1.807) is 12.1 Å². The van der Waals surface area contributed by atoms with E-state index < -0.39 is 10.0 Å². The molecule has 5 rings (SSSR count). The Hall–Kier alpha value is -2.58. The Morgan fingerprint density at radius 3 is 2.17 bits per heavy atom. The van der Waals surface area contributed by atoms with Crippen LogP contribution in [0.25, 0.3) is 0 Å². The molecule has 7 nitrogen and oxygen atoms in total. The number of sulfonamides is 1. The number of hydrogen-bond donors (Lipinski definition) is 1. The van der Waals surface area contributed by atoms with E-state index in [1.165, 1.54) is 4.31 Å². The largest absolute Gasteiger partial charge is 0.486 e. The molecule has 2 aliphatic heterocycles. The molecule has 188 valence electrons. The number of ether oxygens (including phenoxy) is 2. The molecule has 1 aliphatic carbocycles. The molecule has 2 aromatic rings. The lowest BCUT2D eigenvalue weighted by molar-refractivity contribution is -0.127. The molecule has 0 radical (unpaired) electrons. The lowest BCUT2D eigenvalue weighted by atomic mass is 9.95. The van der Waals surface area contributed by atoms with Gasteiger partial charge in [0.25, 0.3) is 0 Å². The molecule has 0 aromatic heterocycles. The third kappa shape index (κ3) is 5.19. The molecule has 8 heteroatoms. The first kappa shape index (κ1) is 24.1. The maximum atomic E-state index is 13.2. The summed E-state index contributed by atoms with van der Waals surface area (Å²) in [6.45, 7) is 5.95. The van der Waals surface area contributed by atoms with Crippen LogP contribution >= 0.6 is 0 Å². The summed E-state index contributed by atoms with van der Waals surface area (Å²) in [5.41, 5.74) is 2.15. The van der Waals surface area contributed by atoms with Crippen LogP contribution in [0.5, 0.6) is 11.5 Å². The van der Waals surface area contributed by atoms with Crippen LogP contribution in [0.2, 0.25) is 0 Å². The molecule has 0 spiro atoms. The van der Waals surface area contributed by atoms with Gasteiger partial charge in [-0.2, -0.15) is 4.31 Å². The zero-order valence-corrected chi connectivity index (χ0v) is 21.2. The fraction of sp³-hybridized carbons (Fsp3) is 0.519. The van der Waals surface area contributed by atoms with Crippen molar-refractivity contribution >= 4 is 15.9 Å². The van der Waals surface area contributed by atoms with E-state index in [1.807, 2.05) is 30.3 Å². The molecule has 1 atom stereocenters. The van der Waals surface area contributed by atoms with Crippen LogP contribution in [-0.2, 0) is 14.8 Å². The van der Waals surface area contributed by atoms with Gasteiger partial charge in [0, 0.05) is 19.0 Å². The van der Waals surface area contributed by atoms with Crippen molar-refractivity contribution in [2.24, 2.45) is 11.8 Å². The van der Waals surface area contributed by atoms with Gasteiger partial charge in [-0.05, 0) is 72.9 Å². The summed E-state index contributed by atoms with van der Waals surface area (Å²) < 4.78 is 39.1. The van der Waals surface area contributed by atoms with Crippen molar-refractivity contribution < 1.29 is 22.7 Å². The molecular formula is C27H34N2O5S. The molecule has 1 amide bonds. The maximum absolute atomic E-state index is 13.2. The van der Waals surface area contributed by atoms with Gasteiger partial charge in [-0.3, -0.25) is 4.79 Å². The van der Waals surface area contributed by atoms with Crippen LogP contribution in [0.3, 0.4) is 0 Å². The minimum Gasteiger partial charge on any atom is -0.486 e. The van der Waals surface area contributed by atoms with Gasteiger partial charge in [-0.25, -0.2) is 8.42 Å². The molecule has 0 bridgehead atoms. The van der Waals surface area contributed by atoms with Gasteiger partial charge in [0.15, 0.2) is 11.5 Å². The van der Waals surface area contributed by atoms with Gasteiger partial charge in [0.05, 0.1) is 10.9 Å². The fourth-order valence-electron chi connectivity index (χ4n) is 4.96. The van der Waals surface area contributed by atoms with Crippen molar-refractivity contribution in [1.82, 2.24) is 9.62 Å². The van der Waals surface area contributed by atoms with E-state index in [4.69, 9.17) is 9.47 Å². The summed E-state index contributed by atoms with van der Waals surface area (Å²) in [6.07, 6.45) is 3.22. The predicted octanol–water partition coefficient (Wildman–Crippen LogP) is 4.25. The minimum atomic E-state index is -3.56. The van der Waals surface area contributed by atoms with Crippen LogP contribution in [0.4, 0.5) is 0 Å². The Kier molecular flexibility index (Phi) is 6.77. The SMILES string of the molecule is CC(C)c1ccc(S(=O)(=O)N2CCC(C(=O)NC(c3ccc4c(c3)OCCO4)C3CC3)CC2)cc1. The van der Waals surface area contributed by atoms with Crippen LogP contribution in [0.1, 0.15) is 62.6 Å². The highest BCUT2D eigenvalue weighted by Crippen LogP contribution is 2.43. The van der Waals surface area contributed by atoms with Crippen molar-refractivity contribution in [2.75, 3.05) is 26.3 Å². The van der Waals surface area contributed by atoms with Gasteiger partial charge >= 0.3 is 0 Å². The summed E-state index contributed by atoms with van der Waals surface area (Å²) in [4.78, 5) is 13.5. The van der Waals surface area contributed by atoms with Gasteiger partial charge in [-0.15, -0.1) is 0 Å². The van der Waals surface area contributed by atoms with Crippen LogP contribution in [0.15, 0.2) is 47.4 Å². The van der Waals surface area contributed by atoms with Crippen molar-refractivity contribution in [3.63, 3.8) is 0 Å². The molecule has 1 N–H and O–H groups in total. The lowest BCUT2D eigenvalue weighted by Gasteiger charge is -2.32. The summed E-state index contributed by atoms with van der Waals surface area (Å²) in [5.74, 6) is 2.07. The highest BCUT2D eigenvalue weighted by Gasteiger charge is 2.37. The Balaban J connectivity index is 1.21. The van der Waals surface area contributed by atoms with Gasteiger partial charge in [0.2, 0.25) is 15.9 Å². The van der Waals surface area contributed by atoms with Crippen LogP contribution < -0.4 is 14.8 Å². The average molecular weight is 499 g/mol. The van der Waals surface area contributed by atoms with Crippen molar-refractivity contribution in [1.29, 1.82) is 0 Å². The van der Waals surface area contributed by atoms with E-state index >= 15 is 0 Å². The number of nitrogens with zero attached hydrogens (tertiary/aromatic N) is 1. The predicted molar refractivity (Wildman–Crippen MR) is 133 cm³/mol. The first-order chi connectivity index (χ1) is 16.8. The molecule has 1 saturated heterocycles. The summed E-state index contributed by atoms with van der Waals surface area (Å²) in [7, 11) is -3.56. The van der Waals surface area contributed by atoms with Gasteiger partial charge < -0.3 is 14.8 Å². The summed E-state index contributed by atoms with van der Waals surface area (Å²) in [6, 6.07) is 13.0. The van der Waals surface area contributed by atoms with Gasteiger partial charge in [0.1, 0.15) is 13.2 Å². The second kappa shape index (κ2) is 9.82. The molecular weight excluding hydrogens is 464 g/mol. The number of nitrogens with one attached hydrogen (secondary N) is 1. The van der Waals surface area contributed by atoms with E-state index in [2.05, 4.69) is 19.2 Å². The smallest absolute Gasteiger partial charge is 0.243 e. The molecule has 3 aliphatic rings. The fourth-order valence-corrected chi connectivity index (χ4v) is 6.43. The van der Waals surface area contributed by atoms with E-state index in [0.29, 0.717) is 55.9 Å². The zero-order chi connectivity index (χ0) is 24.6. The van der Waals surface area contributed by atoms with Crippen LogP contribution in [0, 0.1) is 11.8 Å². The van der Waals surface area contributed by atoms with E-state index in [0.717, 1.165) is 35.5 Å². The summed E-state index contributed by atoms with van der Waals surface area (Å²) >= 11 is 0. The normalized spacial score (nSPS) is 20.0. The number of hydrogen-bond acceptors (Lipinski definition) is 5. The third-order valence-corrected chi connectivity index (χ3v) is 9.24. The third-order valence-electron chi connectivity index (χ3n) is 7.33. The van der Waals surface area contributed by atoms with Crippen LogP contribution in [-0.4, -0.2) is 44.9 Å². The summed E-state index contributed by atoms with van der Waals surface area (Å²) in [5, 5.41) is 3.27. The molecule has 1 saturated carbocycles. The first-order valence-corrected chi connectivity index (χ1v) is 14.1. The second-order valence-electron chi connectivity index (χ2n) is 10.1. The van der Waals surface area contributed by atoms with Crippen molar-refractivity contribution in [3.05, 3.63) is 53.6 Å². The number of rotatable bonds is 7. The number of amides is 1. The number of carbonyl (C=O) groups excluding carboxylic acids is 1. The van der Waals surface area contributed by atoms with Gasteiger partial charge in [-0.1, -0.05) is 32.0 Å². The number of piperidine rings is 1. The Labute approximate surface area is 207 Å². The molecule has 2 heterocycles. The zero-order valence-electron chi connectivity index (χ0n) is 20.4. The van der Waals surface area contributed by atoms with E-state index in [9.17, 15) is 13.2 Å². The minimum absolute atomic E-state index is 0.00937. The average Bonchev–Trinajstić information content (AvgIpc) is 3.72. The standard InChI is InChI=1S/C27H34N2O5S/c1-18(2)19-5-8-23(9-6-19)35(31,32)29-13-11-21(12-14-29)27(30)28-26(20-3-4-20)22-7-10-24-25(17-22)34-16-15-33-24/h5-10,17-18,20-21,26H,3-4,11-16H2,1-2H3,(H,28,30). The topological polar surface area (TPSA) is 84.9 Å². The molecule has 2 fully saturated rings.